The fourth-order valence-electron chi connectivity index (χ4n) is 3.51. The molecule has 0 aliphatic carbocycles. The first-order valence-electron chi connectivity index (χ1n) is 10.2. The second kappa shape index (κ2) is 9.50. The Morgan fingerprint density at radius 3 is 2.35 bits per heavy atom. The van der Waals surface area contributed by atoms with E-state index >= 15 is 0 Å². The van der Waals surface area contributed by atoms with Crippen LogP contribution < -0.4 is 15.5 Å². The number of aryl methyl sites for hydroxylation is 1. The van der Waals surface area contributed by atoms with Crippen molar-refractivity contribution < 1.29 is 14.4 Å². The van der Waals surface area contributed by atoms with Crippen molar-refractivity contribution in [1.82, 2.24) is 0 Å². The molecule has 0 saturated carbocycles. The van der Waals surface area contributed by atoms with E-state index in [1.807, 2.05) is 6.92 Å². The Morgan fingerprint density at radius 2 is 1.62 bits per heavy atom. The molecule has 1 aliphatic rings. The maximum atomic E-state index is 13.1. The normalized spacial score (nSPS) is 13.5. The van der Waals surface area contributed by atoms with E-state index in [4.69, 9.17) is 34.8 Å². The topological polar surface area (TPSA) is 78.5 Å². The van der Waals surface area contributed by atoms with E-state index in [0.29, 0.717) is 38.2 Å². The number of amides is 3. The summed E-state index contributed by atoms with van der Waals surface area (Å²) >= 11 is 18.4. The molecular weight excluding hydrogens is 497 g/mol. The molecule has 172 valence electrons. The van der Waals surface area contributed by atoms with E-state index in [0.717, 1.165) is 10.5 Å². The van der Waals surface area contributed by atoms with Crippen molar-refractivity contribution in [3.8, 4) is 0 Å². The Kier molecular flexibility index (Phi) is 6.66. The van der Waals surface area contributed by atoms with E-state index in [1.165, 1.54) is 0 Å². The number of anilines is 3. The highest BCUT2D eigenvalue weighted by Crippen LogP contribution is 2.34. The molecule has 34 heavy (non-hydrogen) atoms. The van der Waals surface area contributed by atoms with Gasteiger partial charge in [-0.2, -0.15) is 0 Å². The van der Waals surface area contributed by atoms with E-state index in [1.54, 1.807) is 67.6 Å². The highest BCUT2D eigenvalue weighted by molar-refractivity contribution is 6.53. The van der Waals surface area contributed by atoms with Gasteiger partial charge in [0.15, 0.2) is 0 Å². The number of rotatable bonds is 5. The number of carbonyl (C=O) groups excluding carboxylic acids is 3. The lowest BCUT2D eigenvalue weighted by molar-refractivity contribution is -0.120. The Bertz CT molecular complexity index is 1380. The maximum absolute atomic E-state index is 13.1. The Hall–Kier alpha value is -3.32. The molecule has 3 amide bonds. The first kappa shape index (κ1) is 23.8. The second-order valence-corrected chi connectivity index (χ2v) is 8.86. The molecule has 9 heteroatoms. The van der Waals surface area contributed by atoms with Gasteiger partial charge in [0, 0.05) is 27.0 Å². The van der Waals surface area contributed by atoms with Crippen LogP contribution in [-0.2, 0) is 9.59 Å². The third-order valence-electron chi connectivity index (χ3n) is 5.34. The summed E-state index contributed by atoms with van der Waals surface area (Å²) in [5.41, 5.74) is 3.05. The number of carbonyl (C=O) groups is 3. The minimum Gasteiger partial charge on any atom is -0.350 e. The monoisotopic (exact) mass is 513 g/mol. The smallest absolute Gasteiger partial charge is 0.283 e. The number of hydrogen-bond donors (Lipinski definition) is 2. The van der Waals surface area contributed by atoms with Crippen molar-refractivity contribution in [2.75, 3.05) is 15.5 Å². The fourth-order valence-corrected chi connectivity index (χ4v) is 4.12. The van der Waals surface area contributed by atoms with E-state index in [9.17, 15) is 14.4 Å². The molecule has 0 radical (unpaired) electrons. The first-order chi connectivity index (χ1) is 16.2. The number of hydrogen-bond acceptors (Lipinski definition) is 4. The predicted octanol–water partition coefficient (Wildman–Crippen LogP) is 6.30. The molecule has 0 unspecified atom stereocenters. The molecule has 0 saturated heterocycles. The molecule has 0 fully saturated rings. The number of nitrogens with one attached hydrogen (secondary N) is 2. The summed E-state index contributed by atoms with van der Waals surface area (Å²) in [7, 11) is 0. The van der Waals surface area contributed by atoms with Gasteiger partial charge in [-0.15, -0.1) is 0 Å². The zero-order chi connectivity index (χ0) is 24.6. The average molecular weight is 515 g/mol. The van der Waals surface area contributed by atoms with Gasteiger partial charge < -0.3 is 10.6 Å². The Morgan fingerprint density at radius 1 is 0.882 bits per heavy atom. The second-order valence-electron chi connectivity index (χ2n) is 7.64. The van der Waals surface area contributed by atoms with Crippen molar-refractivity contribution in [3.63, 3.8) is 0 Å². The largest absolute Gasteiger partial charge is 0.350 e. The van der Waals surface area contributed by atoms with Crippen molar-refractivity contribution in [2.24, 2.45) is 0 Å². The van der Waals surface area contributed by atoms with Crippen molar-refractivity contribution >= 4 is 69.6 Å². The summed E-state index contributed by atoms with van der Waals surface area (Å²) in [6, 6.07) is 16.6. The summed E-state index contributed by atoms with van der Waals surface area (Å²) < 4.78 is 0. The van der Waals surface area contributed by atoms with Crippen LogP contribution in [-0.4, -0.2) is 17.7 Å². The molecule has 6 nitrogen and oxygen atoms in total. The van der Waals surface area contributed by atoms with Crippen LogP contribution in [0.4, 0.5) is 17.1 Å². The highest BCUT2D eigenvalue weighted by atomic mass is 35.5. The molecule has 4 rings (SSSR count). The fraction of sp³-hybridized carbons (Fsp3) is 0.0800. The van der Waals surface area contributed by atoms with Crippen molar-refractivity contribution in [1.29, 1.82) is 0 Å². The standard InChI is InChI=1S/C25H18Cl3N3O3/c1-13-11-16(26)9-10-19(13)30-23(32)15-5-3-6-17(12-15)29-22-21(28)24(33)31(25(22)34)20-8-4-7-18(27)14(20)2/h3-12,29H,1-2H3,(H,30,32). The third-order valence-corrected chi connectivity index (χ3v) is 6.33. The van der Waals surface area contributed by atoms with Crippen LogP contribution in [0.5, 0.6) is 0 Å². The number of imide groups is 1. The van der Waals surface area contributed by atoms with Gasteiger partial charge in [-0.25, -0.2) is 4.90 Å². The molecule has 0 aromatic heterocycles. The lowest BCUT2D eigenvalue weighted by atomic mass is 10.1. The number of nitrogens with zero attached hydrogens (tertiary/aromatic N) is 1. The molecule has 3 aromatic rings. The summed E-state index contributed by atoms with van der Waals surface area (Å²) in [6.07, 6.45) is 0. The molecule has 1 aliphatic heterocycles. The van der Waals surface area contributed by atoms with Gasteiger partial charge in [0.1, 0.15) is 10.7 Å². The molecular formula is C25H18Cl3N3O3. The maximum Gasteiger partial charge on any atom is 0.283 e. The molecule has 0 bridgehead atoms. The van der Waals surface area contributed by atoms with Gasteiger partial charge >= 0.3 is 0 Å². The quantitative estimate of drug-likeness (QED) is 0.392. The lowest BCUT2D eigenvalue weighted by Crippen LogP contribution is -2.32. The Labute approximate surface area is 211 Å². The summed E-state index contributed by atoms with van der Waals surface area (Å²) in [5.74, 6) is -1.63. The van der Waals surface area contributed by atoms with Crippen molar-refractivity contribution in [3.05, 3.63) is 98.1 Å². The average Bonchev–Trinajstić information content (AvgIpc) is 3.01. The zero-order valence-electron chi connectivity index (χ0n) is 18.1. The first-order valence-corrected chi connectivity index (χ1v) is 11.3. The molecule has 3 aromatic carbocycles. The molecule has 0 spiro atoms. The lowest BCUT2D eigenvalue weighted by Gasteiger charge is -2.18. The van der Waals surface area contributed by atoms with Gasteiger partial charge in [0.2, 0.25) is 0 Å². The minimum atomic E-state index is -0.661. The summed E-state index contributed by atoms with van der Waals surface area (Å²) in [6.45, 7) is 3.55. The van der Waals surface area contributed by atoms with Gasteiger partial charge in [-0.3, -0.25) is 14.4 Å². The summed E-state index contributed by atoms with van der Waals surface area (Å²) in [5, 5.41) is 6.46. The third kappa shape index (κ3) is 4.53. The van der Waals surface area contributed by atoms with Crippen LogP contribution in [0, 0.1) is 13.8 Å². The number of benzene rings is 3. The van der Waals surface area contributed by atoms with Crippen LogP contribution >= 0.6 is 34.8 Å². The van der Waals surface area contributed by atoms with E-state index in [2.05, 4.69) is 10.6 Å². The molecule has 2 N–H and O–H groups in total. The molecule has 1 heterocycles. The number of halogens is 3. The van der Waals surface area contributed by atoms with Gasteiger partial charge in [-0.05, 0) is 73.5 Å². The van der Waals surface area contributed by atoms with E-state index < -0.39 is 11.8 Å². The van der Waals surface area contributed by atoms with Crippen LogP contribution in [0.3, 0.4) is 0 Å². The van der Waals surface area contributed by atoms with Gasteiger partial charge in [0.05, 0.1) is 5.69 Å². The SMILES string of the molecule is Cc1cc(Cl)ccc1NC(=O)c1cccc(NC2=C(Cl)C(=O)N(c3cccc(Cl)c3C)C2=O)c1. The van der Waals surface area contributed by atoms with Crippen LogP contribution in [0.15, 0.2) is 71.4 Å². The van der Waals surface area contributed by atoms with Crippen LogP contribution in [0.25, 0.3) is 0 Å². The van der Waals surface area contributed by atoms with E-state index in [-0.39, 0.29) is 16.6 Å². The van der Waals surface area contributed by atoms with Gasteiger partial charge in [-0.1, -0.05) is 46.9 Å². The summed E-state index contributed by atoms with van der Waals surface area (Å²) in [4.78, 5) is 39.6. The molecule has 0 atom stereocenters. The zero-order valence-corrected chi connectivity index (χ0v) is 20.3. The Balaban J connectivity index is 1.56. The minimum absolute atomic E-state index is 0.0860. The highest BCUT2D eigenvalue weighted by Gasteiger charge is 2.39. The van der Waals surface area contributed by atoms with Gasteiger partial charge in [0.25, 0.3) is 17.7 Å². The predicted molar refractivity (Wildman–Crippen MR) is 136 cm³/mol. The van der Waals surface area contributed by atoms with Crippen molar-refractivity contribution in [2.45, 2.75) is 13.8 Å². The van der Waals surface area contributed by atoms with Crippen LogP contribution in [0.1, 0.15) is 21.5 Å². The van der Waals surface area contributed by atoms with Crippen LogP contribution in [0.2, 0.25) is 10.0 Å².